The first kappa shape index (κ1) is 13.6. The molecule has 1 atom stereocenters. The van der Waals surface area contributed by atoms with Gasteiger partial charge in [0.05, 0.1) is 6.04 Å². The Morgan fingerprint density at radius 2 is 1.89 bits per heavy atom. The van der Waals surface area contributed by atoms with Crippen molar-refractivity contribution < 1.29 is 4.42 Å². The van der Waals surface area contributed by atoms with Crippen LogP contribution in [0.4, 0.5) is 5.69 Å². The molecule has 2 rings (SSSR count). The molecule has 0 aliphatic rings. The Morgan fingerprint density at radius 3 is 2.37 bits per heavy atom. The van der Waals surface area contributed by atoms with Crippen LogP contribution in [0.1, 0.15) is 35.6 Å². The first-order chi connectivity index (χ1) is 8.97. The maximum absolute atomic E-state index is 5.58. The van der Waals surface area contributed by atoms with Crippen LogP contribution in [0.3, 0.4) is 0 Å². The van der Waals surface area contributed by atoms with Crippen LogP contribution in [0.15, 0.2) is 34.7 Å². The van der Waals surface area contributed by atoms with Gasteiger partial charge in [0.1, 0.15) is 16.5 Å². The molecule has 2 aromatic rings. The van der Waals surface area contributed by atoms with E-state index >= 15 is 0 Å². The summed E-state index contributed by atoms with van der Waals surface area (Å²) in [4.78, 5) is 0.418. The van der Waals surface area contributed by atoms with Crippen molar-refractivity contribution in [1.29, 1.82) is 0 Å². The molecule has 100 valence electrons. The highest BCUT2D eigenvalue weighted by molar-refractivity contribution is 7.80. The average Bonchev–Trinajstić information content (AvgIpc) is 2.69. The van der Waals surface area contributed by atoms with Gasteiger partial charge in [-0.15, -0.1) is 0 Å². The lowest BCUT2D eigenvalue weighted by Crippen LogP contribution is -2.10. The second kappa shape index (κ2) is 5.45. The van der Waals surface area contributed by atoms with Crippen molar-refractivity contribution in [3.05, 3.63) is 53.0 Å². The fourth-order valence-electron chi connectivity index (χ4n) is 2.14. The molecule has 0 radical (unpaired) electrons. The summed E-state index contributed by atoms with van der Waals surface area (Å²) in [5.41, 5.74) is 8.67. The fraction of sp³-hybridized carbons (Fsp3) is 0.267. The van der Waals surface area contributed by atoms with Crippen LogP contribution >= 0.6 is 12.2 Å². The van der Waals surface area contributed by atoms with E-state index in [4.69, 9.17) is 22.4 Å². The molecular weight excluding hydrogens is 256 g/mol. The third-order valence-corrected chi connectivity index (χ3v) is 3.33. The van der Waals surface area contributed by atoms with E-state index in [2.05, 4.69) is 18.3 Å². The standard InChI is InChI=1S/C15H18N2OS/c1-9-8-14(11(3)18-9)10(2)17-13-6-4-12(5-7-13)15(16)19/h4-8,10,17H,1-3H3,(H2,16,19). The Kier molecular flexibility index (Phi) is 3.90. The summed E-state index contributed by atoms with van der Waals surface area (Å²) in [5, 5.41) is 3.43. The molecule has 19 heavy (non-hydrogen) atoms. The number of rotatable bonds is 4. The highest BCUT2D eigenvalue weighted by Crippen LogP contribution is 2.24. The summed E-state index contributed by atoms with van der Waals surface area (Å²) in [7, 11) is 0. The zero-order chi connectivity index (χ0) is 14.0. The van der Waals surface area contributed by atoms with Gasteiger partial charge >= 0.3 is 0 Å². The number of aryl methyl sites for hydroxylation is 2. The van der Waals surface area contributed by atoms with E-state index in [0.29, 0.717) is 4.99 Å². The minimum atomic E-state index is 0.188. The Bertz CT molecular complexity index is 587. The molecule has 0 saturated carbocycles. The SMILES string of the molecule is Cc1cc(C(C)Nc2ccc(C(N)=S)cc2)c(C)o1. The summed E-state index contributed by atoms with van der Waals surface area (Å²) in [6.07, 6.45) is 0. The number of nitrogens with two attached hydrogens (primary N) is 1. The van der Waals surface area contributed by atoms with Crippen LogP contribution < -0.4 is 11.1 Å². The highest BCUT2D eigenvalue weighted by atomic mass is 32.1. The number of thiocarbonyl (C=S) groups is 1. The zero-order valence-electron chi connectivity index (χ0n) is 11.4. The number of hydrogen-bond donors (Lipinski definition) is 2. The topological polar surface area (TPSA) is 51.2 Å². The number of benzene rings is 1. The van der Waals surface area contributed by atoms with E-state index in [-0.39, 0.29) is 6.04 Å². The minimum Gasteiger partial charge on any atom is -0.466 e. The average molecular weight is 274 g/mol. The lowest BCUT2D eigenvalue weighted by Gasteiger charge is -2.15. The normalized spacial score (nSPS) is 12.2. The Balaban J connectivity index is 2.12. The molecule has 0 fully saturated rings. The highest BCUT2D eigenvalue weighted by Gasteiger charge is 2.12. The first-order valence-electron chi connectivity index (χ1n) is 6.20. The van der Waals surface area contributed by atoms with Gasteiger partial charge < -0.3 is 15.5 Å². The van der Waals surface area contributed by atoms with Gasteiger partial charge in [0.15, 0.2) is 0 Å². The molecule has 0 saturated heterocycles. The van der Waals surface area contributed by atoms with E-state index in [1.807, 2.05) is 38.1 Å². The van der Waals surface area contributed by atoms with Crippen molar-refractivity contribution >= 4 is 22.9 Å². The van der Waals surface area contributed by atoms with Crippen LogP contribution in [-0.4, -0.2) is 4.99 Å². The summed E-state index contributed by atoms with van der Waals surface area (Å²) in [6, 6.07) is 10.1. The molecule has 0 bridgehead atoms. The van der Waals surface area contributed by atoms with E-state index in [1.165, 1.54) is 5.56 Å². The quantitative estimate of drug-likeness (QED) is 0.835. The molecule has 4 heteroatoms. The van der Waals surface area contributed by atoms with Crippen molar-refractivity contribution in [3.8, 4) is 0 Å². The van der Waals surface area contributed by atoms with Crippen LogP contribution in [0, 0.1) is 13.8 Å². The Morgan fingerprint density at radius 1 is 1.26 bits per heavy atom. The number of anilines is 1. The molecule has 3 N–H and O–H groups in total. The van der Waals surface area contributed by atoms with Crippen LogP contribution in [-0.2, 0) is 0 Å². The molecule has 3 nitrogen and oxygen atoms in total. The zero-order valence-corrected chi connectivity index (χ0v) is 12.2. The molecule has 0 aliphatic carbocycles. The number of nitrogens with one attached hydrogen (secondary N) is 1. The summed E-state index contributed by atoms with van der Waals surface area (Å²) >= 11 is 4.93. The van der Waals surface area contributed by atoms with E-state index in [9.17, 15) is 0 Å². The van der Waals surface area contributed by atoms with Gasteiger partial charge in [0.2, 0.25) is 0 Å². The second-order valence-corrected chi connectivity index (χ2v) is 5.12. The molecular formula is C15H18N2OS. The maximum Gasteiger partial charge on any atom is 0.106 e. The Labute approximate surface area is 118 Å². The van der Waals surface area contributed by atoms with Gasteiger partial charge in [-0.2, -0.15) is 0 Å². The Hall–Kier alpha value is -1.81. The molecule has 0 spiro atoms. The van der Waals surface area contributed by atoms with E-state index in [1.54, 1.807) is 0 Å². The molecule has 1 aromatic heterocycles. The van der Waals surface area contributed by atoms with Gasteiger partial charge in [-0.1, -0.05) is 12.2 Å². The van der Waals surface area contributed by atoms with Crippen molar-refractivity contribution in [2.75, 3.05) is 5.32 Å². The molecule has 0 amide bonds. The molecule has 1 aromatic carbocycles. The largest absolute Gasteiger partial charge is 0.466 e. The smallest absolute Gasteiger partial charge is 0.106 e. The molecule has 0 aliphatic heterocycles. The van der Waals surface area contributed by atoms with Crippen molar-refractivity contribution in [2.45, 2.75) is 26.8 Å². The summed E-state index contributed by atoms with van der Waals surface area (Å²) in [5.74, 6) is 1.89. The predicted molar refractivity (Wildman–Crippen MR) is 82.5 cm³/mol. The van der Waals surface area contributed by atoms with E-state index < -0.39 is 0 Å². The second-order valence-electron chi connectivity index (χ2n) is 4.68. The van der Waals surface area contributed by atoms with Gasteiger partial charge in [0.25, 0.3) is 0 Å². The third-order valence-electron chi connectivity index (χ3n) is 3.10. The third kappa shape index (κ3) is 3.15. The van der Waals surface area contributed by atoms with Gasteiger partial charge in [0, 0.05) is 16.8 Å². The summed E-state index contributed by atoms with van der Waals surface area (Å²) < 4.78 is 5.55. The number of hydrogen-bond acceptors (Lipinski definition) is 3. The molecule has 1 heterocycles. The van der Waals surface area contributed by atoms with Crippen molar-refractivity contribution in [2.24, 2.45) is 5.73 Å². The number of furan rings is 1. The summed E-state index contributed by atoms with van der Waals surface area (Å²) in [6.45, 7) is 6.05. The van der Waals surface area contributed by atoms with Gasteiger partial charge in [-0.05, 0) is 51.1 Å². The predicted octanol–water partition coefficient (Wildman–Crippen LogP) is 3.70. The van der Waals surface area contributed by atoms with Gasteiger partial charge in [-0.25, -0.2) is 0 Å². The molecule has 1 unspecified atom stereocenters. The maximum atomic E-state index is 5.58. The fourth-order valence-corrected chi connectivity index (χ4v) is 2.27. The van der Waals surface area contributed by atoms with Crippen molar-refractivity contribution in [1.82, 2.24) is 0 Å². The van der Waals surface area contributed by atoms with Gasteiger partial charge in [-0.3, -0.25) is 0 Å². The van der Waals surface area contributed by atoms with Crippen LogP contribution in [0.2, 0.25) is 0 Å². The van der Waals surface area contributed by atoms with Crippen LogP contribution in [0.25, 0.3) is 0 Å². The first-order valence-corrected chi connectivity index (χ1v) is 6.61. The lowest BCUT2D eigenvalue weighted by atomic mass is 10.1. The minimum absolute atomic E-state index is 0.188. The van der Waals surface area contributed by atoms with Crippen LogP contribution in [0.5, 0.6) is 0 Å². The lowest BCUT2D eigenvalue weighted by molar-refractivity contribution is 0.500. The monoisotopic (exact) mass is 274 g/mol. The van der Waals surface area contributed by atoms with Crippen molar-refractivity contribution in [3.63, 3.8) is 0 Å². The van der Waals surface area contributed by atoms with E-state index in [0.717, 1.165) is 22.8 Å².